The third kappa shape index (κ3) is 5.22. The zero-order valence-electron chi connectivity index (χ0n) is 17.4. The Labute approximate surface area is 185 Å². The van der Waals surface area contributed by atoms with Crippen LogP contribution in [0.25, 0.3) is 0 Å². The van der Waals surface area contributed by atoms with Crippen molar-refractivity contribution in [3.63, 3.8) is 0 Å². The second kappa shape index (κ2) is 8.95. The number of pyridine rings is 1. The van der Waals surface area contributed by atoms with Gasteiger partial charge in [0.25, 0.3) is 0 Å². The Morgan fingerprint density at radius 2 is 1.84 bits per heavy atom. The van der Waals surface area contributed by atoms with E-state index in [2.05, 4.69) is 20.3 Å². The minimum absolute atomic E-state index is 0.0539. The lowest BCUT2D eigenvalue weighted by Gasteiger charge is -2.31. The number of hydrogen-bond donors (Lipinski definition) is 2. The summed E-state index contributed by atoms with van der Waals surface area (Å²) in [6.07, 6.45) is 5.52. The molecule has 1 fully saturated rings. The van der Waals surface area contributed by atoms with Gasteiger partial charge in [-0.2, -0.15) is 4.98 Å². The van der Waals surface area contributed by atoms with Crippen molar-refractivity contribution < 1.29 is 17.5 Å². The van der Waals surface area contributed by atoms with Crippen molar-refractivity contribution in [3.8, 4) is 11.5 Å². The van der Waals surface area contributed by atoms with Gasteiger partial charge in [-0.3, -0.25) is 0 Å². The number of nitrogen functional groups attached to an aromatic ring is 1. The fraction of sp³-hybridized carbons (Fsp3) is 0.286. The van der Waals surface area contributed by atoms with Crippen LogP contribution in [0.5, 0.6) is 11.5 Å². The molecule has 11 heteroatoms. The summed E-state index contributed by atoms with van der Waals surface area (Å²) in [5.41, 5.74) is 5.88. The molecule has 3 N–H and O–H groups in total. The van der Waals surface area contributed by atoms with E-state index in [1.54, 1.807) is 30.5 Å². The van der Waals surface area contributed by atoms with Gasteiger partial charge in [0, 0.05) is 49.6 Å². The fourth-order valence-corrected chi connectivity index (χ4v) is 4.52. The maximum Gasteiger partial charge on any atom is 0.227 e. The van der Waals surface area contributed by atoms with Gasteiger partial charge in [0.1, 0.15) is 27.2 Å². The number of sulfone groups is 1. The van der Waals surface area contributed by atoms with E-state index in [4.69, 9.17) is 10.5 Å². The molecule has 1 aliphatic heterocycles. The van der Waals surface area contributed by atoms with Crippen LogP contribution in [0.1, 0.15) is 12.8 Å². The first-order valence-electron chi connectivity index (χ1n) is 10.0. The van der Waals surface area contributed by atoms with Crippen LogP contribution in [0.4, 0.5) is 27.7 Å². The summed E-state index contributed by atoms with van der Waals surface area (Å²) in [6, 6.07) is 9.13. The number of aromatic nitrogens is 3. The van der Waals surface area contributed by atoms with Crippen LogP contribution in [-0.4, -0.2) is 48.0 Å². The van der Waals surface area contributed by atoms with Crippen LogP contribution in [0.2, 0.25) is 0 Å². The van der Waals surface area contributed by atoms with Gasteiger partial charge in [0.05, 0.1) is 5.25 Å². The molecule has 3 heterocycles. The van der Waals surface area contributed by atoms with Crippen LogP contribution in [0.3, 0.4) is 0 Å². The molecule has 9 nitrogen and oxygen atoms in total. The normalized spacial score (nSPS) is 14.9. The summed E-state index contributed by atoms with van der Waals surface area (Å²) in [5.74, 6) is 1.37. The maximum absolute atomic E-state index is 14.0. The Hall–Kier alpha value is -3.47. The molecule has 1 aliphatic rings. The average molecular weight is 459 g/mol. The number of piperidine rings is 1. The number of hydrogen-bond acceptors (Lipinski definition) is 9. The summed E-state index contributed by atoms with van der Waals surface area (Å²) < 4.78 is 43.1. The Balaban J connectivity index is 1.44. The fourth-order valence-electron chi connectivity index (χ4n) is 3.46. The first-order chi connectivity index (χ1) is 15.3. The molecule has 0 bridgehead atoms. The molecule has 32 heavy (non-hydrogen) atoms. The molecule has 1 saturated heterocycles. The highest BCUT2D eigenvalue weighted by Crippen LogP contribution is 2.28. The quantitative estimate of drug-likeness (QED) is 0.536. The van der Waals surface area contributed by atoms with Gasteiger partial charge in [0.15, 0.2) is 11.6 Å². The Morgan fingerprint density at radius 3 is 2.56 bits per heavy atom. The predicted octanol–water partition coefficient (Wildman–Crippen LogP) is 3.14. The third-order valence-electron chi connectivity index (χ3n) is 5.14. The summed E-state index contributed by atoms with van der Waals surface area (Å²) in [7, 11) is -3.04. The molecule has 1 aromatic carbocycles. The van der Waals surface area contributed by atoms with Gasteiger partial charge in [0.2, 0.25) is 5.95 Å². The molecular weight excluding hydrogens is 435 g/mol. The number of halogens is 1. The standard InChI is InChI=1S/C21H23FN6O3S/c1-32(29,30)16-6-10-28(11-7-16)21-25-9-5-19(27-21)26-20-13-15(4-8-24-20)31-18-3-2-14(23)12-17(18)22/h2-5,8-9,12-13,16H,6-7,10-11,23H2,1H3,(H,24,25,26,27). The molecule has 168 valence electrons. The van der Waals surface area contributed by atoms with Crippen LogP contribution >= 0.6 is 0 Å². The summed E-state index contributed by atoms with van der Waals surface area (Å²) >= 11 is 0. The highest BCUT2D eigenvalue weighted by Gasteiger charge is 2.27. The van der Waals surface area contributed by atoms with Crippen molar-refractivity contribution in [2.45, 2.75) is 18.1 Å². The van der Waals surface area contributed by atoms with Crippen LogP contribution in [0.15, 0.2) is 48.8 Å². The summed E-state index contributed by atoms with van der Waals surface area (Å²) in [6.45, 7) is 1.13. The molecule has 0 saturated carbocycles. The number of benzene rings is 1. The zero-order valence-corrected chi connectivity index (χ0v) is 18.2. The Kier molecular flexibility index (Phi) is 6.08. The van der Waals surface area contributed by atoms with Crippen molar-refractivity contribution in [2.75, 3.05) is 35.3 Å². The molecule has 0 unspecified atom stereocenters. The average Bonchev–Trinajstić information content (AvgIpc) is 2.76. The lowest BCUT2D eigenvalue weighted by atomic mass is 10.1. The number of rotatable bonds is 6. The number of nitrogens with two attached hydrogens (primary N) is 1. The predicted molar refractivity (Wildman–Crippen MR) is 121 cm³/mol. The molecule has 0 aliphatic carbocycles. The number of nitrogens with zero attached hydrogens (tertiary/aromatic N) is 4. The Morgan fingerprint density at radius 1 is 1.09 bits per heavy atom. The van der Waals surface area contributed by atoms with Gasteiger partial charge >= 0.3 is 0 Å². The number of anilines is 4. The van der Waals surface area contributed by atoms with E-state index < -0.39 is 15.7 Å². The van der Waals surface area contributed by atoms with Crippen molar-refractivity contribution in [1.82, 2.24) is 15.0 Å². The minimum Gasteiger partial charge on any atom is -0.454 e. The van der Waals surface area contributed by atoms with E-state index in [1.807, 2.05) is 4.90 Å². The van der Waals surface area contributed by atoms with E-state index >= 15 is 0 Å². The van der Waals surface area contributed by atoms with E-state index in [-0.39, 0.29) is 11.0 Å². The minimum atomic E-state index is -3.04. The number of ether oxygens (including phenoxy) is 1. The van der Waals surface area contributed by atoms with Crippen molar-refractivity contribution >= 4 is 33.1 Å². The van der Waals surface area contributed by atoms with Gasteiger partial charge in [-0.15, -0.1) is 0 Å². The van der Waals surface area contributed by atoms with Gasteiger partial charge < -0.3 is 20.7 Å². The summed E-state index contributed by atoms with van der Waals surface area (Å²) in [4.78, 5) is 15.0. The molecule has 0 atom stereocenters. The van der Waals surface area contributed by atoms with Crippen LogP contribution in [-0.2, 0) is 9.84 Å². The largest absolute Gasteiger partial charge is 0.454 e. The van der Waals surface area contributed by atoms with Crippen LogP contribution < -0.4 is 20.7 Å². The Bertz CT molecular complexity index is 1220. The van der Waals surface area contributed by atoms with Crippen molar-refractivity contribution in [3.05, 3.63) is 54.6 Å². The second-order valence-corrected chi connectivity index (χ2v) is 9.88. The molecule has 0 amide bonds. The first-order valence-corrected chi connectivity index (χ1v) is 12.0. The highest BCUT2D eigenvalue weighted by molar-refractivity contribution is 7.91. The topological polar surface area (TPSA) is 123 Å². The lowest BCUT2D eigenvalue weighted by Crippen LogP contribution is -2.39. The first kappa shape index (κ1) is 21.8. The van der Waals surface area contributed by atoms with E-state index in [0.29, 0.717) is 55.0 Å². The van der Waals surface area contributed by atoms with E-state index in [0.717, 1.165) is 0 Å². The monoisotopic (exact) mass is 458 g/mol. The second-order valence-electron chi connectivity index (χ2n) is 7.55. The van der Waals surface area contributed by atoms with E-state index in [9.17, 15) is 12.8 Å². The smallest absolute Gasteiger partial charge is 0.227 e. The number of nitrogens with one attached hydrogen (secondary N) is 1. The van der Waals surface area contributed by atoms with Gasteiger partial charge in [-0.1, -0.05) is 0 Å². The molecule has 0 spiro atoms. The highest BCUT2D eigenvalue weighted by atomic mass is 32.2. The van der Waals surface area contributed by atoms with E-state index in [1.165, 1.54) is 24.6 Å². The van der Waals surface area contributed by atoms with Crippen molar-refractivity contribution in [2.24, 2.45) is 0 Å². The SMILES string of the molecule is CS(=O)(=O)C1CCN(c2nccc(Nc3cc(Oc4ccc(N)cc4F)ccn3)n2)CC1. The molecular formula is C21H23FN6O3S. The molecule has 2 aromatic heterocycles. The van der Waals surface area contributed by atoms with Gasteiger partial charge in [-0.25, -0.2) is 22.8 Å². The zero-order chi connectivity index (χ0) is 22.7. The summed E-state index contributed by atoms with van der Waals surface area (Å²) in [5, 5.41) is 2.77. The van der Waals surface area contributed by atoms with Crippen molar-refractivity contribution in [1.29, 1.82) is 0 Å². The molecule has 4 rings (SSSR count). The maximum atomic E-state index is 14.0. The lowest BCUT2D eigenvalue weighted by molar-refractivity contribution is 0.442. The molecule has 3 aromatic rings. The molecule has 0 radical (unpaired) electrons. The third-order valence-corrected chi connectivity index (χ3v) is 6.83. The van der Waals surface area contributed by atoms with Gasteiger partial charge in [-0.05, 0) is 37.1 Å². The van der Waals surface area contributed by atoms with Crippen LogP contribution in [0, 0.1) is 5.82 Å².